The molecule has 4 heterocycles. The molecular formula is C20H19ClN6O2. The molecule has 9 heteroatoms. The van der Waals surface area contributed by atoms with Crippen molar-refractivity contribution in [2.75, 3.05) is 23.3 Å². The number of nitriles is 1. The van der Waals surface area contributed by atoms with Gasteiger partial charge in [0.25, 0.3) is 11.1 Å². The Morgan fingerprint density at radius 2 is 2.07 bits per heavy atom. The molecule has 0 aromatic carbocycles. The maximum atomic E-state index is 12.7. The van der Waals surface area contributed by atoms with Crippen LogP contribution < -0.4 is 21.3 Å². The minimum Gasteiger partial charge on any atom is -0.374 e. The summed E-state index contributed by atoms with van der Waals surface area (Å²) in [6.45, 7) is 3.60. The normalized spacial score (nSPS) is 14.3. The minimum absolute atomic E-state index is 0.260. The Morgan fingerprint density at radius 3 is 2.72 bits per heavy atom. The molecule has 0 spiro atoms. The third-order valence-electron chi connectivity index (χ3n) is 5.21. The lowest BCUT2D eigenvalue weighted by molar-refractivity contribution is 0.610. The van der Waals surface area contributed by atoms with Gasteiger partial charge in [-0.05, 0) is 37.6 Å². The first kappa shape index (κ1) is 19.0. The van der Waals surface area contributed by atoms with Crippen molar-refractivity contribution in [2.45, 2.75) is 19.4 Å². The topological polar surface area (TPSA) is 107 Å². The van der Waals surface area contributed by atoms with Crippen molar-refractivity contribution in [1.29, 1.82) is 5.26 Å². The number of nitrogens with one attached hydrogen (secondary N) is 2. The third-order valence-corrected chi connectivity index (χ3v) is 5.48. The fraction of sp³-hybridized carbons (Fsp3) is 0.300. The molecule has 0 saturated carbocycles. The average Bonchev–Trinajstić information content (AvgIpc) is 2.65. The number of nitrogens with zero attached hydrogens (tertiary/aromatic N) is 4. The van der Waals surface area contributed by atoms with Crippen LogP contribution in [0, 0.1) is 11.3 Å². The van der Waals surface area contributed by atoms with E-state index >= 15 is 0 Å². The second-order valence-electron chi connectivity index (χ2n) is 7.10. The highest BCUT2D eigenvalue weighted by atomic mass is 35.5. The molecule has 1 unspecified atom stereocenters. The molecule has 0 bridgehead atoms. The largest absolute Gasteiger partial charge is 0.374 e. The van der Waals surface area contributed by atoms with Crippen LogP contribution in [0.5, 0.6) is 0 Å². The molecule has 1 aliphatic heterocycles. The predicted molar refractivity (Wildman–Crippen MR) is 113 cm³/mol. The molecule has 1 aliphatic rings. The van der Waals surface area contributed by atoms with Gasteiger partial charge < -0.3 is 19.8 Å². The maximum absolute atomic E-state index is 12.7. The van der Waals surface area contributed by atoms with Crippen molar-refractivity contribution in [2.24, 2.45) is 7.05 Å². The van der Waals surface area contributed by atoms with E-state index in [9.17, 15) is 9.59 Å². The van der Waals surface area contributed by atoms with Crippen LogP contribution in [0.15, 0.2) is 33.9 Å². The van der Waals surface area contributed by atoms with Crippen molar-refractivity contribution in [3.8, 4) is 6.07 Å². The first-order valence-corrected chi connectivity index (χ1v) is 9.62. The highest BCUT2D eigenvalue weighted by Gasteiger charge is 2.20. The van der Waals surface area contributed by atoms with E-state index in [1.165, 1.54) is 11.6 Å². The summed E-state index contributed by atoms with van der Waals surface area (Å²) in [5, 5.41) is 13.3. The number of hydrogen-bond acceptors (Lipinski definition) is 6. The van der Waals surface area contributed by atoms with E-state index in [4.69, 9.17) is 16.9 Å². The van der Waals surface area contributed by atoms with E-state index in [-0.39, 0.29) is 16.8 Å². The first-order valence-electron chi connectivity index (χ1n) is 9.24. The summed E-state index contributed by atoms with van der Waals surface area (Å²) in [6, 6.07) is 8.15. The molecule has 148 valence electrons. The van der Waals surface area contributed by atoms with E-state index in [1.54, 1.807) is 31.2 Å². The Balaban J connectivity index is 1.69. The van der Waals surface area contributed by atoms with Gasteiger partial charge in [0.1, 0.15) is 28.9 Å². The number of pyridine rings is 3. The predicted octanol–water partition coefficient (Wildman–Crippen LogP) is 2.53. The third kappa shape index (κ3) is 3.34. The average molecular weight is 411 g/mol. The molecule has 0 amide bonds. The zero-order chi connectivity index (χ0) is 20.7. The summed E-state index contributed by atoms with van der Waals surface area (Å²) in [5.74, 6) is 0.682. The van der Waals surface area contributed by atoms with Gasteiger partial charge in [0.05, 0.1) is 11.1 Å². The Labute approximate surface area is 171 Å². The number of aromatic nitrogens is 3. The lowest BCUT2D eigenvalue weighted by atomic mass is 10.1. The number of aromatic amines is 1. The molecular weight excluding hydrogens is 392 g/mol. The van der Waals surface area contributed by atoms with Crippen LogP contribution in [0.2, 0.25) is 5.02 Å². The minimum atomic E-state index is -0.447. The summed E-state index contributed by atoms with van der Waals surface area (Å²) in [7, 11) is 1.53. The van der Waals surface area contributed by atoms with Crippen LogP contribution in [-0.4, -0.2) is 27.6 Å². The van der Waals surface area contributed by atoms with Crippen molar-refractivity contribution < 1.29 is 0 Å². The van der Waals surface area contributed by atoms with Gasteiger partial charge in [-0.25, -0.2) is 4.98 Å². The molecule has 0 aliphatic carbocycles. The standard InChI is InChI=1S/C20H19ClN6O2/c1-11(23-16-5-4-13(10-22)26(2)20(16)29)14-8-12-9-15(21)18(27-6-3-7-27)24-17(12)25-19(14)28/h4-5,8-9,11,23H,3,6-7H2,1-2H3,(H,24,25,28). The summed E-state index contributed by atoms with van der Waals surface area (Å²) < 4.78 is 1.26. The quantitative estimate of drug-likeness (QED) is 0.684. The Hall–Kier alpha value is -3.31. The Bertz CT molecular complexity index is 1270. The SMILES string of the molecule is CC(Nc1ccc(C#N)n(C)c1=O)c1cc2cc(Cl)c(N3CCC3)nc2[nH]c1=O. The van der Waals surface area contributed by atoms with Gasteiger partial charge in [0, 0.05) is 31.1 Å². The molecule has 3 aromatic rings. The van der Waals surface area contributed by atoms with Gasteiger partial charge in [-0.2, -0.15) is 5.26 Å². The summed E-state index contributed by atoms with van der Waals surface area (Å²) in [5.41, 5.74) is 0.882. The number of hydrogen-bond donors (Lipinski definition) is 2. The van der Waals surface area contributed by atoms with Gasteiger partial charge in [-0.15, -0.1) is 0 Å². The second-order valence-corrected chi connectivity index (χ2v) is 7.51. The van der Waals surface area contributed by atoms with Crippen molar-refractivity contribution in [3.63, 3.8) is 0 Å². The molecule has 3 aromatic heterocycles. The number of rotatable bonds is 4. The summed E-state index contributed by atoms with van der Waals surface area (Å²) in [4.78, 5) is 34.5. The van der Waals surface area contributed by atoms with E-state index in [0.717, 1.165) is 24.9 Å². The molecule has 1 fully saturated rings. The van der Waals surface area contributed by atoms with Gasteiger partial charge in [-0.1, -0.05) is 11.6 Å². The van der Waals surface area contributed by atoms with Gasteiger partial charge >= 0.3 is 0 Å². The van der Waals surface area contributed by atoms with Crippen LogP contribution in [0.1, 0.15) is 30.6 Å². The van der Waals surface area contributed by atoms with E-state index in [0.29, 0.717) is 27.7 Å². The van der Waals surface area contributed by atoms with E-state index < -0.39 is 6.04 Å². The molecule has 2 N–H and O–H groups in total. The van der Waals surface area contributed by atoms with Crippen molar-refractivity contribution >= 4 is 34.1 Å². The molecule has 1 atom stereocenters. The fourth-order valence-electron chi connectivity index (χ4n) is 3.36. The zero-order valence-corrected chi connectivity index (χ0v) is 16.7. The summed E-state index contributed by atoms with van der Waals surface area (Å²) in [6.07, 6.45) is 1.10. The highest BCUT2D eigenvalue weighted by Crippen LogP contribution is 2.30. The van der Waals surface area contributed by atoms with Crippen molar-refractivity contribution in [1.82, 2.24) is 14.5 Å². The summed E-state index contributed by atoms with van der Waals surface area (Å²) >= 11 is 6.40. The Morgan fingerprint density at radius 1 is 1.31 bits per heavy atom. The number of H-pyrrole nitrogens is 1. The Kier molecular flexibility index (Phi) is 4.76. The smallest absolute Gasteiger partial charge is 0.274 e. The zero-order valence-electron chi connectivity index (χ0n) is 16.0. The van der Waals surface area contributed by atoms with E-state index in [1.807, 2.05) is 6.07 Å². The number of anilines is 2. The van der Waals surface area contributed by atoms with Crippen LogP contribution in [0.3, 0.4) is 0 Å². The molecule has 4 rings (SSSR count). The van der Waals surface area contributed by atoms with Gasteiger partial charge in [0.15, 0.2) is 0 Å². The van der Waals surface area contributed by atoms with Gasteiger partial charge in [0.2, 0.25) is 0 Å². The molecule has 1 saturated heterocycles. The lowest BCUT2D eigenvalue weighted by Gasteiger charge is -2.32. The van der Waals surface area contributed by atoms with E-state index in [2.05, 4.69) is 20.2 Å². The highest BCUT2D eigenvalue weighted by molar-refractivity contribution is 6.33. The van der Waals surface area contributed by atoms with Crippen LogP contribution >= 0.6 is 11.6 Å². The van der Waals surface area contributed by atoms with Crippen LogP contribution in [-0.2, 0) is 7.05 Å². The maximum Gasteiger partial charge on any atom is 0.274 e. The van der Waals surface area contributed by atoms with Gasteiger partial charge in [-0.3, -0.25) is 9.59 Å². The fourth-order valence-corrected chi connectivity index (χ4v) is 3.64. The lowest BCUT2D eigenvalue weighted by Crippen LogP contribution is -2.37. The van der Waals surface area contributed by atoms with Crippen molar-refractivity contribution in [3.05, 3.63) is 61.3 Å². The van der Waals surface area contributed by atoms with Crippen LogP contribution in [0.25, 0.3) is 11.0 Å². The molecule has 29 heavy (non-hydrogen) atoms. The molecule has 8 nitrogen and oxygen atoms in total. The second kappa shape index (κ2) is 7.26. The number of fused-ring (bicyclic) bond motifs is 1. The first-order chi connectivity index (χ1) is 13.9. The molecule has 0 radical (unpaired) electrons. The number of halogens is 1. The van der Waals surface area contributed by atoms with Crippen LogP contribution in [0.4, 0.5) is 11.5 Å². The monoisotopic (exact) mass is 410 g/mol.